The molecule has 4 N–H and O–H groups in total. The number of aromatic nitrogens is 2. The molecule has 0 radical (unpaired) electrons. The van der Waals surface area contributed by atoms with Crippen LogP contribution in [0.4, 0.5) is 5.82 Å². The molecule has 1 saturated carbocycles. The van der Waals surface area contributed by atoms with E-state index in [9.17, 15) is 4.79 Å². The highest BCUT2D eigenvalue weighted by Gasteiger charge is 2.41. The lowest BCUT2D eigenvalue weighted by Gasteiger charge is -2.29. The molecule has 1 aromatic heterocycles. The van der Waals surface area contributed by atoms with Gasteiger partial charge in [-0.3, -0.25) is 9.89 Å². The molecule has 0 unspecified atom stereocenters. The van der Waals surface area contributed by atoms with E-state index in [1.54, 1.807) is 6.20 Å². The lowest BCUT2D eigenvalue weighted by Crippen LogP contribution is -2.39. The molecule has 0 atom stereocenters. The number of nitrogen functional groups attached to an aromatic ring is 1. The average Bonchev–Trinajstić information content (AvgIpc) is 2.96. The fourth-order valence-electron chi connectivity index (χ4n) is 3.18. The van der Waals surface area contributed by atoms with Crippen molar-refractivity contribution in [1.29, 1.82) is 0 Å². The summed E-state index contributed by atoms with van der Waals surface area (Å²) in [6.45, 7) is 4.82. The Morgan fingerprint density at radius 1 is 1.53 bits per heavy atom. The fraction of sp³-hybridized carbons (Fsp3) is 0.714. The third kappa shape index (κ3) is 3.08. The number of anilines is 1. The predicted molar refractivity (Wildman–Crippen MR) is 75.2 cm³/mol. The first-order valence-corrected chi connectivity index (χ1v) is 7.09. The normalized spacial score (nSPS) is 17.8. The molecule has 1 fully saturated rings. The van der Waals surface area contributed by atoms with Gasteiger partial charge < -0.3 is 11.1 Å². The van der Waals surface area contributed by atoms with E-state index >= 15 is 0 Å². The minimum atomic E-state index is -0.160. The highest BCUT2D eigenvalue weighted by atomic mass is 16.2. The maximum Gasteiger partial charge on any atom is 0.226 e. The van der Waals surface area contributed by atoms with E-state index in [1.807, 2.05) is 0 Å². The molecule has 1 heterocycles. The number of carbonyl (C=O) groups is 1. The number of carbonyl (C=O) groups excluding carboxylic acids is 1. The Bertz CT molecular complexity index is 432. The lowest BCUT2D eigenvalue weighted by atomic mass is 9.77. The van der Waals surface area contributed by atoms with Gasteiger partial charge in [-0.25, -0.2) is 0 Å². The second-order valence-electron chi connectivity index (χ2n) is 6.08. The molecule has 5 heteroatoms. The molecule has 1 aromatic rings. The Morgan fingerprint density at radius 2 is 2.21 bits per heavy atom. The van der Waals surface area contributed by atoms with E-state index in [0.29, 0.717) is 18.3 Å². The topological polar surface area (TPSA) is 83.8 Å². The maximum atomic E-state index is 12.5. The minimum absolute atomic E-state index is 0.160. The Balaban J connectivity index is 1.98. The number of H-pyrrole nitrogens is 1. The van der Waals surface area contributed by atoms with Crippen LogP contribution in [0.5, 0.6) is 0 Å². The second kappa shape index (κ2) is 5.63. The molecule has 1 aliphatic carbocycles. The van der Waals surface area contributed by atoms with Crippen molar-refractivity contribution in [2.75, 3.05) is 5.73 Å². The second-order valence-corrected chi connectivity index (χ2v) is 6.08. The van der Waals surface area contributed by atoms with Gasteiger partial charge in [-0.2, -0.15) is 5.10 Å². The summed E-state index contributed by atoms with van der Waals surface area (Å²) in [4.78, 5) is 12.5. The zero-order valence-corrected chi connectivity index (χ0v) is 11.8. The molecule has 106 valence electrons. The Labute approximate surface area is 114 Å². The first-order valence-electron chi connectivity index (χ1n) is 7.09. The smallest absolute Gasteiger partial charge is 0.226 e. The van der Waals surface area contributed by atoms with Crippen molar-refractivity contribution in [1.82, 2.24) is 15.5 Å². The summed E-state index contributed by atoms with van der Waals surface area (Å²) < 4.78 is 0. The van der Waals surface area contributed by atoms with Gasteiger partial charge in [0.25, 0.3) is 0 Å². The van der Waals surface area contributed by atoms with Crippen LogP contribution in [0.15, 0.2) is 6.20 Å². The van der Waals surface area contributed by atoms with Crippen molar-refractivity contribution in [3.8, 4) is 0 Å². The number of nitrogens with zero attached hydrogens (tertiary/aromatic N) is 1. The van der Waals surface area contributed by atoms with Gasteiger partial charge in [-0.15, -0.1) is 0 Å². The molecule has 2 rings (SSSR count). The summed E-state index contributed by atoms with van der Waals surface area (Å²) in [5.41, 5.74) is 6.42. The van der Waals surface area contributed by atoms with E-state index in [0.717, 1.165) is 37.7 Å². The zero-order valence-electron chi connectivity index (χ0n) is 11.8. The molecule has 1 amide bonds. The Morgan fingerprint density at radius 3 is 2.74 bits per heavy atom. The molecular weight excluding hydrogens is 240 g/mol. The van der Waals surface area contributed by atoms with Crippen molar-refractivity contribution in [3.05, 3.63) is 11.8 Å². The van der Waals surface area contributed by atoms with Gasteiger partial charge >= 0.3 is 0 Å². The molecule has 0 aromatic carbocycles. The van der Waals surface area contributed by atoms with E-state index in [-0.39, 0.29) is 11.3 Å². The number of rotatable bonds is 5. The van der Waals surface area contributed by atoms with Crippen LogP contribution in [0.2, 0.25) is 0 Å². The van der Waals surface area contributed by atoms with Gasteiger partial charge in [-0.1, -0.05) is 26.7 Å². The van der Waals surface area contributed by atoms with E-state index in [4.69, 9.17) is 5.73 Å². The van der Waals surface area contributed by atoms with Gasteiger partial charge in [0.15, 0.2) is 0 Å². The third-order valence-electron chi connectivity index (χ3n) is 4.03. The quantitative estimate of drug-likeness (QED) is 0.762. The van der Waals surface area contributed by atoms with Crippen molar-refractivity contribution in [3.63, 3.8) is 0 Å². The first kappa shape index (κ1) is 13.9. The molecule has 0 spiro atoms. The van der Waals surface area contributed by atoms with Crippen LogP contribution in [0.1, 0.15) is 51.5 Å². The van der Waals surface area contributed by atoms with E-state index < -0.39 is 0 Å². The predicted octanol–water partition coefficient (Wildman–Crippen LogP) is 2.21. The molecule has 0 bridgehead atoms. The zero-order chi connectivity index (χ0) is 13.9. The summed E-state index contributed by atoms with van der Waals surface area (Å²) in [6.07, 6.45) is 6.98. The number of hydrogen-bond donors (Lipinski definition) is 3. The summed E-state index contributed by atoms with van der Waals surface area (Å²) in [7, 11) is 0. The lowest BCUT2D eigenvalue weighted by molar-refractivity contribution is -0.132. The standard InChI is InChI=1S/C14H24N4O/c1-10(2)7-14(5-3-4-6-14)13(19)16-8-11-9-17-18-12(11)15/h9-10H,3-8H2,1-2H3,(H,16,19)(H3,15,17,18). The van der Waals surface area contributed by atoms with Gasteiger partial charge in [0.2, 0.25) is 5.91 Å². The summed E-state index contributed by atoms with van der Waals surface area (Å²) in [5.74, 6) is 1.26. The highest BCUT2D eigenvalue weighted by molar-refractivity contribution is 5.83. The number of nitrogens with one attached hydrogen (secondary N) is 2. The molecule has 5 nitrogen and oxygen atoms in total. The van der Waals surface area contributed by atoms with Crippen molar-refractivity contribution < 1.29 is 4.79 Å². The van der Waals surface area contributed by atoms with Crippen LogP contribution in [-0.4, -0.2) is 16.1 Å². The van der Waals surface area contributed by atoms with Crippen LogP contribution in [0.25, 0.3) is 0 Å². The number of amides is 1. The van der Waals surface area contributed by atoms with E-state index in [1.165, 1.54) is 0 Å². The molecule has 0 saturated heterocycles. The number of hydrogen-bond acceptors (Lipinski definition) is 3. The van der Waals surface area contributed by atoms with E-state index in [2.05, 4.69) is 29.4 Å². The van der Waals surface area contributed by atoms with Crippen LogP contribution in [0, 0.1) is 11.3 Å². The molecule has 1 aliphatic rings. The number of nitrogens with two attached hydrogens (primary N) is 1. The Hall–Kier alpha value is -1.52. The summed E-state index contributed by atoms with van der Waals surface area (Å²) in [5, 5.41) is 9.58. The van der Waals surface area contributed by atoms with Gasteiger partial charge in [0, 0.05) is 17.5 Å². The first-order chi connectivity index (χ1) is 9.03. The third-order valence-corrected chi connectivity index (χ3v) is 4.03. The monoisotopic (exact) mass is 264 g/mol. The SMILES string of the molecule is CC(C)CC1(C(=O)NCc2cn[nH]c2N)CCCC1. The molecular formula is C14H24N4O. The van der Waals surface area contributed by atoms with Crippen molar-refractivity contribution >= 4 is 11.7 Å². The fourth-order valence-corrected chi connectivity index (χ4v) is 3.18. The van der Waals surface area contributed by atoms with Crippen LogP contribution in [-0.2, 0) is 11.3 Å². The van der Waals surface area contributed by atoms with Gasteiger partial charge in [0.05, 0.1) is 6.20 Å². The van der Waals surface area contributed by atoms with Crippen LogP contribution in [0.3, 0.4) is 0 Å². The van der Waals surface area contributed by atoms with Crippen LogP contribution >= 0.6 is 0 Å². The highest BCUT2D eigenvalue weighted by Crippen LogP contribution is 2.43. The van der Waals surface area contributed by atoms with Gasteiger partial charge in [-0.05, 0) is 25.2 Å². The summed E-state index contributed by atoms with van der Waals surface area (Å²) in [6, 6.07) is 0. The maximum absolute atomic E-state index is 12.5. The summed E-state index contributed by atoms with van der Waals surface area (Å²) >= 11 is 0. The minimum Gasteiger partial charge on any atom is -0.384 e. The number of aromatic amines is 1. The Kier molecular flexibility index (Phi) is 4.12. The van der Waals surface area contributed by atoms with Crippen molar-refractivity contribution in [2.45, 2.75) is 52.5 Å². The van der Waals surface area contributed by atoms with Gasteiger partial charge in [0.1, 0.15) is 5.82 Å². The largest absolute Gasteiger partial charge is 0.384 e. The van der Waals surface area contributed by atoms with Crippen molar-refractivity contribution in [2.24, 2.45) is 11.3 Å². The molecule has 0 aliphatic heterocycles. The van der Waals surface area contributed by atoms with Crippen LogP contribution < -0.4 is 11.1 Å². The average molecular weight is 264 g/mol. The molecule has 19 heavy (non-hydrogen) atoms.